The summed E-state index contributed by atoms with van der Waals surface area (Å²) in [4.78, 5) is 33.7. The van der Waals surface area contributed by atoms with E-state index < -0.39 is 18.5 Å². The number of nitrogens with one attached hydrogen (secondary N) is 1. The van der Waals surface area contributed by atoms with Gasteiger partial charge in [-0.3, -0.25) is 9.59 Å². The van der Waals surface area contributed by atoms with Gasteiger partial charge in [0.1, 0.15) is 18.2 Å². The molecule has 1 atom stereocenters. The maximum absolute atomic E-state index is 12.4. The van der Waals surface area contributed by atoms with Crippen LogP contribution in [0.1, 0.15) is 37.9 Å². The van der Waals surface area contributed by atoms with E-state index in [4.69, 9.17) is 4.74 Å². The first-order valence-corrected chi connectivity index (χ1v) is 9.80. The van der Waals surface area contributed by atoms with Gasteiger partial charge in [0.25, 0.3) is 0 Å². The fraction of sp³-hybridized carbons (Fsp3) is 0.429. The van der Waals surface area contributed by atoms with Crippen LogP contribution in [0.3, 0.4) is 0 Å². The van der Waals surface area contributed by atoms with Crippen molar-refractivity contribution in [2.75, 3.05) is 13.2 Å². The second kappa shape index (κ2) is 7.95. The monoisotopic (exact) mass is 394 g/mol. The number of likely N-dealkylation sites (tertiary alicyclic amines) is 1. The van der Waals surface area contributed by atoms with Gasteiger partial charge in [-0.05, 0) is 25.0 Å². The van der Waals surface area contributed by atoms with Gasteiger partial charge in [0.15, 0.2) is 11.6 Å². The molecule has 2 aromatic rings. The van der Waals surface area contributed by atoms with Gasteiger partial charge in [0.2, 0.25) is 5.91 Å². The number of imidazole rings is 1. The zero-order valence-corrected chi connectivity index (χ0v) is 15.9. The summed E-state index contributed by atoms with van der Waals surface area (Å²) >= 11 is 0. The lowest BCUT2D eigenvalue weighted by molar-refractivity contribution is -0.148. The molecule has 1 aliphatic carbocycles. The van der Waals surface area contributed by atoms with Crippen molar-refractivity contribution >= 4 is 28.5 Å². The highest BCUT2D eigenvalue weighted by Gasteiger charge is 2.39. The zero-order valence-electron chi connectivity index (χ0n) is 15.9. The van der Waals surface area contributed by atoms with E-state index >= 15 is 0 Å². The second-order valence-electron chi connectivity index (χ2n) is 7.53. The fourth-order valence-electron chi connectivity index (χ4n) is 4.11. The van der Waals surface area contributed by atoms with E-state index in [2.05, 4.69) is 9.97 Å². The van der Waals surface area contributed by atoms with E-state index in [1.54, 1.807) is 11.0 Å². The van der Waals surface area contributed by atoms with Gasteiger partial charge in [0.05, 0.1) is 17.0 Å². The molecule has 29 heavy (non-hydrogen) atoms. The van der Waals surface area contributed by atoms with Crippen molar-refractivity contribution in [1.82, 2.24) is 14.9 Å². The van der Waals surface area contributed by atoms with Crippen molar-refractivity contribution in [3.05, 3.63) is 35.8 Å². The molecule has 8 heteroatoms. The van der Waals surface area contributed by atoms with Crippen LogP contribution >= 0.6 is 0 Å². The predicted octanol–water partition coefficient (Wildman–Crippen LogP) is 2.69. The van der Waals surface area contributed by atoms with E-state index in [0.29, 0.717) is 12.1 Å². The molecular formula is C21H22N4O4. The minimum absolute atomic E-state index is 0.0152. The molecule has 0 unspecified atom stereocenters. The molecule has 1 aromatic carbocycles. The summed E-state index contributed by atoms with van der Waals surface area (Å²) in [5.74, 6) is -1.25. The van der Waals surface area contributed by atoms with E-state index in [0.717, 1.165) is 31.2 Å². The van der Waals surface area contributed by atoms with Crippen molar-refractivity contribution < 1.29 is 19.4 Å². The predicted molar refractivity (Wildman–Crippen MR) is 104 cm³/mol. The van der Waals surface area contributed by atoms with Crippen LogP contribution in [0.15, 0.2) is 30.0 Å². The molecule has 1 aliphatic heterocycles. The lowest BCUT2D eigenvalue weighted by Gasteiger charge is -2.23. The molecule has 2 heterocycles. The number of para-hydroxylation sites is 2. The first-order chi connectivity index (χ1) is 14.1. The number of H-pyrrole nitrogens is 1. The summed E-state index contributed by atoms with van der Waals surface area (Å²) in [6, 6.07) is 9.39. The Labute approximate surface area is 167 Å². The molecule has 1 saturated heterocycles. The van der Waals surface area contributed by atoms with Gasteiger partial charge in [-0.15, -0.1) is 0 Å². The summed E-state index contributed by atoms with van der Waals surface area (Å²) < 4.78 is 5.21. The molecule has 2 aliphatic rings. The van der Waals surface area contributed by atoms with E-state index in [-0.39, 0.29) is 35.5 Å². The van der Waals surface area contributed by atoms with Crippen molar-refractivity contribution in [3.8, 4) is 6.07 Å². The molecule has 150 valence electrons. The molecule has 2 N–H and O–H groups in total. The Morgan fingerprint density at radius 2 is 2.10 bits per heavy atom. The molecule has 1 aromatic heterocycles. The van der Waals surface area contributed by atoms with Crippen LogP contribution in [-0.2, 0) is 14.3 Å². The molecule has 2 fully saturated rings. The number of benzene rings is 1. The third kappa shape index (κ3) is 3.81. The summed E-state index contributed by atoms with van der Waals surface area (Å²) in [6.07, 6.45) is 4.33. The average molecular weight is 394 g/mol. The SMILES string of the molecule is N#C/C(=C(/O)COC(=O)[C@H]1CC(=O)N(C2CCCC2)C1)c1nc2ccccc2[nH]1. The van der Waals surface area contributed by atoms with Crippen LogP contribution in [0.25, 0.3) is 16.6 Å². The quantitative estimate of drug-likeness (QED) is 0.457. The van der Waals surface area contributed by atoms with Crippen molar-refractivity contribution in [1.29, 1.82) is 5.26 Å². The first kappa shape index (κ1) is 19.0. The molecule has 1 amide bonds. The van der Waals surface area contributed by atoms with Crippen LogP contribution in [0, 0.1) is 17.2 Å². The molecule has 8 nitrogen and oxygen atoms in total. The maximum Gasteiger partial charge on any atom is 0.311 e. The van der Waals surface area contributed by atoms with Crippen molar-refractivity contribution in [2.45, 2.75) is 38.1 Å². The number of amides is 1. The van der Waals surface area contributed by atoms with Gasteiger partial charge in [-0.1, -0.05) is 25.0 Å². The third-order valence-corrected chi connectivity index (χ3v) is 5.63. The Kier molecular flexibility index (Phi) is 5.21. The number of allylic oxidation sites excluding steroid dienone is 1. The Hall–Kier alpha value is -3.34. The first-order valence-electron chi connectivity index (χ1n) is 9.80. The summed E-state index contributed by atoms with van der Waals surface area (Å²) in [7, 11) is 0. The van der Waals surface area contributed by atoms with Gasteiger partial charge in [-0.25, -0.2) is 4.98 Å². The average Bonchev–Trinajstić information content (AvgIpc) is 3.45. The Morgan fingerprint density at radius 3 is 2.83 bits per heavy atom. The van der Waals surface area contributed by atoms with Gasteiger partial charge in [-0.2, -0.15) is 5.26 Å². The number of aromatic nitrogens is 2. The second-order valence-corrected chi connectivity index (χ2v) is 7.53. The number of aliphatic hydroxyl groups excluding tert-OH is 1. The number of nitriles is 1. The molecule has 4 rings (SSSR count). The number of nitrogens with zero attached hydrogens (tertiary/aromatic N) is 3. The Bertz CT molecular complexity index is 980. The normalized spacial score (nSPS) is 20.7. The number of aromatic amines is 1. The molecular weight excluding hydrogens is 372 g/mol. The van der Waals surface area contributed by atoms with Crippen LogP contribution < -0.4 is 0 Å². The largest absolute Gasteiger partial charge is 0.507 e. The number of carbonyl (C=O) groups is 2. The highest BCUT2D eigenvalue weighted by atomic mass is 16.5. The number of hydrogen-bond acceptors (Lipinski definition) is 6. The lowest BCUT2D eigenvalue weighted by Crippen LogP contribution is -2.35. The highest BCUT2D eigenvalue weighted by Crippen LogP contribution is 2.30. The highest BCUT2D eigenvalue weighted by molar-refractivity contribution is 5.87. The van der Waals surface area contributed by atoms with Crippen LogP contribution in [0.2, 0.25) is 0 Å². The van der Waals surface area contributed by atoms with Crippen molar-refractivity contribution in [3.63, 3.8) is 0 Å². The van der Waals surface area contributed by atoms with Crippen molar-refractivity contribution in [2.24, 2.45) is 5.92 Å². The van der Waals surface area contributed by atoms with Crippen LogP contribution in [0.5, 0.6) is 0 Å². The zero-order chi connectivity index (χ0) is 20.4. The standard InChI is InChI=1S/C21H22N4O4/c22-10-15(20-23-16-7-3-4-8-17(16)24-20)18(26)12-29-21(28)13-9-19(27)25(11-13)14-5-1-2-6-14/h3-4,7-8,13-14,26H,1-2,5-6,9,11-12H2,(H,23,24)/b18-15-/t13-/m0/s1. The van der Waals surface area contributed by atoms with E-state index in [1.165, 1.54) is 0 Å². The van der Waals surface area contributed by atoms with E-state index in [9.17, 15) is 20.0 Å². The number of fused-ring (bicyclic) bond motifs is 1. The number of hydrogen-bond donors (Lipinski definition) is 2. The summed E-state index contributed by atoms with van der Waals surface area (Å²) in [6.45, 7) is -0.0750. The lowest BCUT2D eigenvalue weighted by atomic mass is 10.1. The summed E-state index contributed by atoms with van der Waals surface area (Å²) in [5.41, 5.74) is 1.32. The minimum atomic E-state index is -0.535. The Balaban J connectivity index is 1.41. The van der Waals surface area contributed by atoms with Gasteiger partial charge in [0, 0.05) is 19.0 Å². The molecule has 0 radical (unpaired) electrons. The third-order valence-electron chi connectivity index (χ3n) is 5.63. The number of esters is 1. The minimum Gasteiger partial charge on any atom is -0.507 e. The number of ether oxygens (including phenoxy) is 1. The number of aliphatic hydroxyl groups is 1. The van der Waals surface area contributed by atoms with Gasteiger partial charge >= 0.3 is 5.97 Å². The molecule has 1 saturated carbocycles. The summed E-state index contributed by atoms with van der Waals surface area (Å²) in [5, 5.41) is 19.7. The molecule has 0 spiro atoms. The van der Waals surface area contributed by atoms with Gasteiger partial charge < -0.3 is 19.7 Å². The smallest absolute Gasteiger partial charge is 0.311 e. The number of carbonyl (C=O) groups excluding carboxylic acids is 2. The molecule has 0 bridgehead atoms. The fourth-order valence-corrected chi connectivity index (χ4v) is 4.11. The maximum atomic E-state index is 12.4. The topological polar surface area (TPSA) is 119 Å². The van der Waals surface area contributed by atoms with E-state index in [1.807, 2.05) is 24.3 Å². The van der Waals surface area contributed by atoms with Crippen LogP contribution in [0.4, 0.5) is 0 Å². The number of rotatable bonds is 5. The van der Waals surface area contributed by atoms with Crippen LogP contribution in [-0.4, -0.2) is 51.0 Å². The Morgan fingerprint density at radius 1 is 1.34 bits per heavy atom.